The van der Waals surface area contributed by atoms with Crippen LogP contribution in [0.1, 0.15) is 17.2 Å². The smallest absolute Gasteiger partial charge is 0.328 e. The molecule has 0 saturated heterocycles. The number of non-ortho nitro benzene ring substituents is 1. The number of rotatable bonds is 4. The molecule has 0 amide bonds. The topological polar surface area (TPSA) is 74.1 Å². The molecule has 31 heavy (non-hydrogen) atoms. The Morgan fingerprint density at radius 2 is 1.87 bits per heavy atom. The summed E-state index contributed by atoms with van der Waals surface area (Å²) in [6, 6.07) is 22.0. The third-order valence-electron chi connectivity index (χ3n) is 5.19. The van der Waals surface area contributed by atoms with E-state index in [1.54, 1.807) is 18.2 Å². The lowest BCUT2D eigenvalue weighted by Crippen LogP contribution is -2.43. The van der Waals surface area contributed by atoms with E-state index in [9.17, 15) is 10.1 Å². The summed E-state index contributed by atoms with van der Waals surface area (Å²) in [7, 11) is 0. The van der Waals surface area contributed by atoms with Crippen molar-refractivity contribution in [1.82, 2.24) is 9.67 Å². The first-order chi connectivity index (χ1) is 15.1. The van der Waals surface area contributed by atoms with Crippen LogP contribution in [0.25, 0.3) is 11.4 Å². The maximum absolute atomic E-state index is 11.1. The van der Waals surface area contributed by atoms with E-state index in [4.69, 9.17) is 21.3 Å². The van der Waals surface area contributed by atoms with Crippen molar-refractivity contribution in [3.05, 3.63) is 105 Å². The van der Waals surface area contributed by atoms with Crippen LogP contribution >= 0.6 is 11.6 Å². The molecule has 0 bridgehead atoms. The number of nitro benzene ring substituents is 1. The van der Waals surface area contributed by atoms with Crippen molar-refractivity contribution in [3.63, 3.8) is 0 Å². The number of nitro groups is 1. The minimum atomic E-state index is -0.404. The van der Waals surface area contributed by atoms with Gasteiger partial charge in [0.15, 0.2) is 11.4 Å². The van der Waals surface area contributed by atoms with E-state index < -0.39 is 4.92 Å². The predicted octanol–water partition coefficient (Wildman–Crippen LogP) is 4.24. The van der Waals surface area contributed by atoms with Crippen LogP contribution in [0.5, 0.6) is 5.75 Å². The molecule has 4 aromatic rings. The molecular weight excluding hydrogens is 416 g/mol. The number of halogens is 1. The summed E-state index contributed by atoms with van der Waals surface area (Å²) in [6.45, 7) is 0.497. The normalized spacial score (nSPS) is 12.4. The standard InChI is InChI=1S/C23H18ClN4O3/c24-17-6-11-21-20(15-17)27-22(12-13-31-21)25-23(14-16-4-2-1-3-5-16)26(27)18-7-9-19(10-8-18)28(29)30/h1-11,15H,12-14H2/q+1. The van der Waals surface area contributed by atoms with E-state index in [1.807, 2.05) is 39.7 Å². The van der Waals surface area contributed by atoms with Gasteiger partial charge in [0.2, 0.25) is 0 Å². The first kappa shape index (κ1) is 19.3. The summed E-state index contributed by atoms with van der Waals surface area (Å²) in [6.07, 6.45) is 1.22. The molecule has 2 heterocycles. The van der Waals surface area contributed by atoms with Gasteiger partial charge in [-0.3, -0.25) is 10.1 Å². The van der Waals surface area contributed by atoms with E-state index in [2.05, 4.69) is 12.1 Å². The second kappa shape index (κ2) is 7.85. The lowest BCUT2D eigenvalue weighted by molar-refractivity contribution is -0.682. The minimum Gasteiger partial charge on any atom is -0.488 e. The second-order valence-electron chi connectivity index (χ2n) is 7.21. The fraction of sp³-hybridized carbons (Fsp3) is 0.130. The molecule has 0 saturated carbocycles. The van der Waals surface area contributed by atoms with Gasteiger partial charge in [-0.05, 0) is 34.8 Å². The molecule has 1 aliphatic rings. The van der Waals surface area contributed by atoms with Gasteiger partial charge >= 0.3 is 5.82 Å². The lowest BCUT2D eigenvalue weighted by atomic mass is 10.1. The van der Waals surface area contributed by atoms with Gasteiger partial charge in [-0.25, -0.2) is 0 Å². The SMILES string of the molecule is O=[N+]([O-])c1ccc(-n2c(Cc3ccccc3)nc3[n+]2-c2cc(Cl)ccc2OCC3)cc1. The number of hydrogen-bond donors (Lipinski definition) is 0. The predicted molar refractivity (Wildman–Crippen MR) is 115 cm³/mol. The fourth-order valence-corrected chi connectivity index (χ4v) is 3.95. The zero-order chi connectivity index (χ0) is 21.4. The summed E-state index contributed by atoms with van der Waals surface area (Å²) >= 11 is 6.31. The van der Waals surface area contributed by atoms with E-state index in [0.717, 1.165) is 28.6 Å². The highest BCUT2D eigenvalue weighted by atomic mass is 35.5. The van der Waals surface area contributed by atoms with E-state index in [-0.39, 0.29) is 5.69 Å². The van der Waals surface area contributed by atoms with Crippen molar-refractivity contribution < 1.29 is 14.3 Å². The molecule has 8 heteroatoms. The van der Waals surface area contributed by atoms with Crippen LogP contribution in [0.4, 0.5) is 5.69 Å². The molecular formula is C23H18ClN4O3+. The van der Waals surface area contributed by atoms with Gasteiger partial charge < -0.3 is 4.74 Å². The Balaban J connectivity index is 1.74. The highest BCUT2D eigenvalue weighted by Crippen LogP contribution is 2.27. The van der Waals surface area contributed by atoms with Crippen LogP contribution < -0.4 is 9.42 Å². The van der Waals surface area contributed by atoms with Gasteiger partial charge in [-0.1, -0.05) is 41.9 Å². The van der Waals surface area contributed by atoms with Crippen LogP contribution in [0.15, 0.2) is 72.8 Å². The quantitative estimate of drug-likeness (QED) is 0.274. The summed E-state index contributed by atoms with van der Waals surface area (Å²) < 4.78 is 9.90. The van der Waals surface area contributed by atoms with E-state index in [1.165, 1.54) is 12.1 Å². The molecule has 7 nitrogen and oxygen atoms in total. The highest BCUT2D eigenvalue weighted by molar-refractivity contribution is 6.30. The van der Waals surface area contributed by atoms with Gasteiger partial charge in [-0.2, -0.15) is 0 Å². The van der Waals surface area contributed by atoms with Gasteiger partial charge in [0.1, 0.15) is 6.61 Å². The average molecular weight is 434 g/mol. The molecule has 0 spiro atoms. The van der Waals surface area contributed by atoms with Crippen molar-refractivity contribution in [2.75, 3.05) is 6.61 Å². The number of nitrogens with zero attached hydrogens (tertiary/aromatic N) is 4. The molecule has 0 N–H and O–H groups in total. The second-order valence-corrected chi connectivity index (χ2v) is 7.65. The number of hydrogen-bond acceptors (Lipinski definition) is 4. The summed E-state index contributed by atoms with van der Waals surface area (Å²) in [5.41, 5.74) is 2.71. The van der Waals surface area contributed by atoms with Crippen molar-refractivity contribution in [2.24, 2.45) is 0 Å². The number of ether oxygens (including phenoxy) is 1. The Bertz CT molecular complexity index is 1270. The molecule has 0 aliphatic carbocycles. The molecule has 0 atom stereocenters. The maximum Gasteiger partial charge on any atom is 0.328 e. The van der Waals surface area contributed by atoms with E-state index in [0.29, 0.717) is 30.2 Å². The minimum absolute atomic E-state index is 0.0383. The van der Waals surface area contributed by atoms with Crippen molar-refractivity contribution >= 4 is 17.3 Å². The molecule has 1 aromatic heterocycles. The molecule has 0 unspecified atom stereocenters. The van der Waals surface area contributed by atoms with Gasteiger partial charge in [0.05, 0.1) is 23.5 Å². The monoisotopic (exact) mass is 433 g/mol. The molecule has 5 rings (SSSR count). The van der Waals surface area contributed by atoms with Gasteiger partial charge in [0.25, 0.3) is 11.5 Å². The van der Waals surface area contributed by atoms with Crippen molar-refractivity contribution in [3.8, 4) is 17.1 Å². The van der Waals surface area contributed by atoms with Crippen LogP contribution in [0.3, 0.4) is 0 Å². The van der Waals surface area contributed by atoms with Crippen molar-refractivity contribution in [2.45, 2.75) is 12.8 Å². The fourth-order valence-electron chi connectivity index (χ4n) is 3.79. The zero-order valence-electron chi connectivity index (χ0n) is 16.4. The summed E-state index contributed by atoms with van der Waals surface area (Å²) in [4.78, 5) is 15.7. The van der Waals surface area contributed by atoms with Crippen molar-refractivity contribution in [1.29, 1.82) is 0 Å². The lowest BCUT2D eigenvalue weighted by Gasteiger charge is -2.10. The van der Waals surface area contributed by atoms with Crippen LogP contribution in [0, 0.1) is 10.1 Å². The highest BCUT2D eigenvalue weighted by Gasteiger charge is 2.32. The van der Waals surface area contributed by atoms with Crippen LogP contribution in [-0.2, 0) is 12.8 Å². The largest absolute Gasteiger partial charge is 0.488 e. The Morgan fingerprint density at radius 1 is 1.10 bits per heavy atom. The number of benzene rings is 3. The summed E-state index contributed by atoms with van der Waals surface area (Å²) in [5.74, 6) is 2.37. The molecule has 1 aliphatic heterocycles. The maximum atomic E-state index is 11.1. The molecule has 154 valence electrons. The summed E-state index contributed by atoms with van der Waals surface area (Å²) in [5, 5.41) is 11.7. The van der Waals surface area contributed by atoms with Gasteiger partial charge in [0, 0.05) is 23.2 Å². The Morgan fingerprint density at radius 3 is 2.61 bits per heavy atom. The van der Waals surface area contributed by atoms with Gasteiger partial charge in [-0.15, -0.1) is 9.36 Å². The Labute approximate surface area is 183 Å². The third-order valence-corrected chi connectivity index (χ3v) is 5.42. The molecule has 0 radical (unpaired) electrons. The number of fused-ring (bicyclic) bond motifs is 3. The first-order valence-corrected chi connectivity index (χ1v) is 10.2. The van der Waals surface area contributed by atoms with E-state index >= 15 is 0 Å². The first-order valence-electron chi connectivity index (χ1n) is 9.84. The molecule has 3 aromatic carbocycles. The van der Waals surface area contributed by atoms with Crippen LogP contribution in [0.2, 0.25) is 5.02 Å². The third kappa shape index (κ3) is 3.64. The Hall–Kier alpha value is -3.71. The Kier molecular flexibility index (Phi) is 4.88. The number of aromatic nitrogens is 3. The zero-order valence-corrected chi connectivity index (χ0v) is 17.2. The average Bonchev–Trinajstić information content (AvgIpc) is 3.03. The molecule has 0 fully saturated rings. The van der Waals surface area contributed by atoms with Crippen LogP contribution in [-0.4, -0.2) is 21.2 Å².